The first-order chi connectivity index (χ1) is 22.7. The predicted molar refractivity (Wildman–Crippen MR) is 181 cm³/mol. The molecule has 0 spiro atoms. The number of aryl methyl sites for hydroxylation is 2. The van der Waals surface area contributed by atoms with E-state index in [-0.39, 0.29) is 0 Å². The molecule has 8 heteroatoms. The summed E-state index contributed by atoms with van der Waals surface area (Å²) in [7, 11) is 1.36. The number of hydrogen-bond acceptors (Lipinski definition) is 8. The Morgan fingerprint density at radius 1 is 0.761 bits per heavy atom. The third kappa shape index (κ3) is 8.96. The van der Waals surface area contributed by atoms with Crippen LogP contribution < -0.4 is 14.2 Å². The fourth-order valence-electron chi connectivity index (χ4n) is 4.97. The van der Waals surface area contributed by atoms with Crippen molar-refractivity contribution in [3.05, 3.63) is 125 Å². The number of esters is 1. The van der Waals surface area contributed by atoms with E-state index in [1.54, 1.807) is 29.5 Å². The monoisotopic (exact) mass is 637 g/mol. The van der Waals surface area contributed by atoms with Gasteiger partial charge in [-0.3, -0.25) is 0 Å². The summed E-state index contributed by atoms with van der Waals surface area (Å²) in [5, 5.41) is 2.91. The lowest BCUT2D eigenvalue weighted by Gasteiger charge is -2.16. The summed E-state index contributed by atoms with van der Waals surface area (Å²) in [6.45, 7) is 4.35. The average Bonchev–Trinajstić information content (AvgIpc) is 3.64. The maximum Gasteiger partial charge on any atom is 0.341 e. The van der Waals surface area contributed by atoms with E-state index in [4.69, 9.17) is 23.7 Å². The molecule has 5 aromatic rings. The second-order valence-corrected chi connectivity index (χ2v) is 11.4. The van der Waals surface area contributed by atoms with Gasteiger partial charge < -0.3 is 23.7 Å². The van der Waals surface area contributed by atoms with Crippen molar-refractivity contribution in [3.8, 4) is 33.6 Å². The van der Waals surface area contributed by atoms with Gasteiger partial charge in [0.05, 0.1) is 19.3 Å². The van der Waals surface area contributed by atoms with Crippen LogP contribution in [0.3, 0.4) is 0 Å². The maximum absolute atomic E-state index is 12.2. The van der Waals surface area contributed by atoms with Gasteiger partial charge in [-0.2, -0.15) is 0 Å². The highest BCUT2D eigenvalue weighted by Crippen LogP contribution is 2.38. The lowest BCUT2D eigenvalue weighted by atomic mass is 10.1. The minimum atomic E-state index is -0.430. The number of ether oxygens (including phenoxy) is 5. The van der Waals surface area contributed by atoms with Crippen LogP contribution in [-0.2, 0) is 28.9 Å². The largest absolute Gasteiger partial charge is 0.493 e. The molecule has 0 atom stereocenters. The molecule has 0 bridgehead atoms. The lowest BCUT2D eigenvalue weighted by molar-refractivity contribution is 0.0598. The predicted octanol–water partition coefficient (Wildman–Crippen LogP) is 8.95. The molecule has 0 saturated carbocycles. The third-order valence-electron chi connectivity index (χ3n) is 7.35. The average molecular weight is 638 g/mol. The summed E-state index contributed by atoms with van der Waals surface area (Å²) in [5.41, 5.74) is 4.65. The Bertz CT molecular complexity index is 1670. The molecule has 0 N–H and O–H groups in total. The highest BCUT2D eigenvalue weighted by Gasteiger charge is 2.16. The van der Waals surface area contributed by atoms with E-state index in [0.717, 1.165) is 64.4 Å². The van der Waals surface area contributed by atoms with Crippen LogP contribution in [0.2, 0.25) is 0 Å². The van der Waals surface area contributed by atoms with E-state index in [9.17, 15) is 4.79 Å². The van der Waals surface area contributed by atoms with E-state index < -0.39 is 5.97 Å². The van der Waals surface area contributed by atoms with Gasteiger partial charge in [-0.15, -0.1) is 11.3 Å². The van der Waals surface area contributed by atoms with E-state index in [1.807, 2.05) is 66.2 Å². The number of para-hydroxylation sites is 2. The van der Waals surface area contributed by atoms with Crippen LogP contribution in [0.1, 0.15) is 46.8 Å². The Kier molecular flexibility index (Phi) is 12.2. The van der Waals surface area contributed by atoms with E-state index >= 15 is 0 Å². The molecule has 238 valence electrons. The van der Waals surface area contributed by atoms with Gasteiger partial charge in [-0.05, 0) is 60.2 Å². The molecule has 0 fully saturated rings. The summed E-state index contributed by atoms with van der Waals surface area (Å²) in [6, 6.07) is 29.2. The highest BCUT2D eigenvalue weighted by molar-refractivity contribution is 7.13. The van der Waals surface area contributed by atoms with Crippen molar-refractivity contribution < 1.29 is 28.5 Å². The van der Waals surface area contributed by atoms with Crippen LogP contribution in [-0.4, -0.2) is 37.9 Å². The lowest BCUT2D eigenvalue weighted by Crippen LogP contribution is -2.07. The molecule has 1 heterocycles. The van der Waals surface area contributed by atoms with Crippen molar-refractivity contribution >= 4 is 17.3 Å². The Hall–Kier alpha value is -4.66. The number of methoxy groups -OCH3 is 1. The molecule has 4 aromatic carbocycles. The maximum atomic E-state index is 12.2. The molecule has 0 aliphatic rings. The Morgan fingerprint density at radius 3 is 2.30 bits per heavy atom. The van der Waals surface area contributed by atoms with Gasteiger partial charge in [0.1, 0.15) is 40.2 Å². The molecule has 0 amide bonds. The molecule has 0 aliphatic heterocycles. The van der Waals surface area contributed by atoms with Crippen molar-refractivity contribution in [3.63, 3.8) is 0 Å². The zero-order valence-electron chi connectivity index (χ0n) is 26.3. The van der Waals surface area contributed by atoms with Crippen molar-refractivity contribution in [1.29, 1.82) is 0 Å². The molecule has 0 radical (unpaired) electrons. The number of benzene rings is 4. The van der Waals surface area contributed by atoms with Gasteiger partial charge in [-0.1, -0.05) is 67.6 Å². The standard InChI is InChI=1S/C38H39NO6S/c1-3-29-25-32(37-39-20-24-46-37)36(44-27-28-13-5-4-6-14-28)26-35(29)43-23-12-22-42-21-11-16-30-15-7-9-18-33(30)45-34-19-10-8-17-31(34)38(40)41-2/h4-10,13-15,17-20,24-26H,3,11-12,16,21-23,27H2,1-2H3. The number of thiazole rings is 1. The number of hydrogen-bond donors (Lipinski definition) is 0. The first kappa shape index (κ1) is 32.7. The number of rotatable bonds is 17. The highest BCUT2D eigenvalue weighted by atomic mass is 32.1. The molecule has 7 nitrogen and oxygen atoms in total. The quantitative estimate of drug-likeness (QED) is 0.0744. The SMILES string of the molecule is CCc1cc(-c2nccs2)c(OCc2ccccc2)cc1OCCCOCCCc1ccccc1Oc1ccccc1C(=O)OC. The van der Waals surface area contributed by atoms with Gasteiger partial charge in [0.25, 0.3) is 0 Å². The van der Waals surface area contributed by atoms with E-state index in [1.165, 1.54) is 7.11 Å². The fourth-order valence-corrected chi connectivity index (χ4v) is 5.63. The Morgan fingerprint density at radius 2 is 1.52 bits per heavy atom. The molecule has 0 aliphatic carbocycles. The molecule has 0 saturated heterocycles. The molecule has 46 heavy (non-hydrogen) atoms. The zero-order valence-corrected chi connectivity index (χ0v) is 27.1. The van der Waals surface area contributed by atoms with Gasteiger partial charge in [0, 0.05) is 37.3 Å². The van der Waals surface area contributed by atoms with Gasteiger partial charge >= 0.3 is 5.97 Å². The van der Waals surface area contributed by atoms with E-state index in [0.29, 0.717) is 43.5 Å². The van der Waals surface area contributed by atoms with Crippen LogP contribution in [0.25, 0.3) is 10.6 Å². The first-order valence-electron chi connectivity index (χ1n) is 15.5. The number of nitrogens with zero attached hydrogens (tertiary/aromatic N) is 1. The number of carbonyl (C=O) groups excluding carboxylic acids is 1. The van der Waals surface area contributed by atoms with Crippen LogP contribution in [0.5, 0.6) is 23.0 Å². The second kappa shape index (κ2) is 17.1. The van der Waals surface area contributed by atoms with Crippen molar-refractivity contribution in [1.82, 2.24) is 4.98 Å². The topological polar surface area (TPSA) is 76.1 Å². The van der Waals surface area contributed by atoms with Crippen molar-refractivity contribution in [2.45, 2.75) is 39.2 Å². The normalized spacial score (nSPS) is 10.8. The fraction of sp³-hybridized carbons (Fsp3) is 0.263. The summed E-state index contributed by atoms with van der Waals surface area (Å²) < 4.78 is 29.5. The second-order valence-electron chi connectivity index (χ2n) is 10.5. The number of carbonyl (C=O) groups is 1. The molecule has 5 rings (SSSR count). The van der Waals surface area contributed by atoms with Crippen LogP contribution in [0, 0.1) is 0 Å². The third-order valence-corrected chi connectivity index (χ3v) is 8.16. The molecule has 0 unspecified atom stereocenters. The smallest absolute Gasteiger partial charge is 0.341 e. The minimum Gasteiger partial charge on any atom is -0.493 e. The zero-order chi connectivity index (χ0) is 32.0. The number of aromatic nitrogens is 1. The van der Waals surface area contributed by atoms with Crippen LogP contribution >= 0.6 is 11.3 Å². The van der Waals surface area contributed by atoms with Crippen molar-refractivity contribution in [2.24, 2.45) is 0 Å². The minimum absolute atomic E-state index is 0.391. The summed E-state index contributed by atoms with van der Waals surface area (Å²) in [5.74, 6) is 2.35. The summed E-state index contributed by atoms with van der Waals surface area (Å²) >= 11 is 1.60. The Balaban J connectivity index is 1.10. The Labute approximate surface area is 274 Å². The van der Waals surface area contributed by atoms with Gasteiger partial charge in [0.15, 0.2) is 0 Å². The molecular weight excluding hydrogens is 598 g/mol. The van der Waals surface area contributed by atoms with Crippen LogP contribution in [0.15, 0.2) is 103 Å². The van der Waals surface area contributed by atoms with Gasteiger partial charge in [-0.25, -0.2) is 9.78 Å². The van der Waals surface area contributed by atoms with Gasteiger partial charge in [0.2, 0.25) is 0 Å². The summed E-state index contributed by atoms with van der Waals surface area (Å²) in [6.07, 6.45) is 5.03. The van der Waals surface area contributed by atoms with Crippen LogP contribution in [0.4, 0.5) is 0 Å². The first-order valence-corrected chi connectivity index (χ1v) is 16.4. The summed E-state index contributed by atoms with van der Waals surface area (Å²) in [4.78, 5) is 16.7. The van der Waals surface area contributed by atoms with E-state index in [2.05, 4.69) is 30.1 Å². The molecule has 1 aromatic heterocycles. The van der Waals surface area contributed by atoms with Crippen molar-refractivity contribution in [2.75, 3.05) is 26.9 Å². The molecular formula is C38H39NO6S.